The lowest BCUT2D eigenvalue weighted by atomic mass is 10.1. The standard InChI is InChI=1S/C23H23ClF3NO4/c1-3-11-28(12-4-2)13-17-18(29)10-9-16-19(30)21(22(23(25,26)27)32-20(16)17)31-15-7-5-14(24)6-8-15/h5-10,29H,3-4,11-13H2,1-2H3/p+1. The molecule has 0 saturated heterocycles. The molecule has 1 aromatic heterocycles. The first kappa shape index (κ1) is 23.9. The van der Waals surface area contributed by atoms with E-state index in [0.717, 1.165) is 30.8 Å². The summed E-state index contributed by atoms with van der Waals surface area (Å²) in [7, 11) is 0. The Hall–Kier alpha value is -2.71. The molecule has 0 aliphatic heterocycles. The molecule has 0 aliphatic carbocycles. The van der Waals surface area contributed by atoms with Crippen LogP contribution in [0.5, 0.6) is 17.2 Å². The molecule has 32 heavy (non-hydrogen) atoms. The van der Waals surface area contributed by atoms with Crippen molar-refractivity contribution >= 4 is 22.6 Å². The number of aromatic hydroxyl groups is 1. The van der Waals surface area contributed by atoms with Gasteiger partial charge >= 0.3 is 6.18 Å². The number of hydrogen-bond donors (Lipinski definition) is 2. The summed E-state index contributed by atoms with van der Waals surface area (Å²) in [4.78, 5) is 14.1. The lowest BCUT2D eigenvalue weighted by Gasteiger charge is -2.20. The van der Waals surface area contributed by atoms with E-state index in [-0.39, 0.29) is 34.6 Å². The van der Waals surface area contributed by atoms with Crippen LogP contribution in [0.4, 0.5) is 13.2 Å². The first-order valence-corrected chi connectivity index (χ1v) is 10.7. The molecule has 3 rings (SSSR count). The Bertz CT molecular complexity index is 1140. The largest absolute Gasteiger partial charge is 0.507 e. The van der Waals surface area contributed by atoms with E-state index in [4.69, 9.17) is 20.8 Å². The second-order valence-corrected chi connectivity index (χ2v) is 7.95. The van der Waals surface area contributed by atoms with Crippen molar-refractivity contribution in [1.82, 2.24) is 0 Å². The van der Waals surface area contributed by atoms with Gasteiger partial charge in [-0.05, 0) is 49.2 Å². The van der Waals surface area contributed by atoms with Crippen LogP contribution in [0.1, 0.15) is 38.0 Å². The number of phenols is 1. The number of halogens is 4. The number of hydrogen-bond acceptors (Lipinski definition) is 4. The zero-order valence-electron chi connectivity index (χ0n) is 17.7. The molecule has 9 heteroatoms. The zero-order valence-corrected chi connectivity index (χ0v) is 18.4. The van der Waals surface area contributed by atoms with Crippen LogP contribution in [0.2, 0.25) is 5.02 Å². The van der Waals surface area contributed by atoms with Gasteiger partial charge in [0.05, 0.1) is 24.0 Å². The van der Waals surface area contributed by atoms with Crippen molar-refractivity contribution in [1.29, 1.82) is 0 Å². The molecule has 0 saturated carbocycles. The van der Waals surface area contributed by atoms with E-state index < -0.39 is 23.1 Å². The van der Waals surface area contributed by atoms with Gasteiger partial charge in [-0.2, -0.15) is 13.2 Å². The van der Waals surface area contributed by atoms with Crippen LogP contribution < -0.4 is 15.1 Å². The molecule has 0 atom stereocenters. The number of phenolic OH excluding ortho intramolecular Hbond substituents is 1. The van der Waals surface area contributed by atoms with Crippen molar-refractivity contribution in [3.8, 4) is 17.2 Å². The Kier molecular flexibility index (Phi) is 7.36. The number of fused-ring (bicyclic) bond motifs is 1. The van der Waals surface area contributed by atoms with Crippen molar-refractivity contribution in [2.45, 2.75) is 39.4 Å². The van der Waals surface area contributed by atoms with Crippen molar-refractivity contribution in [3.63, 3.8) is 0 Å². The summed E-state index contributed by atoms with van der Waals surface area (Å²) in [5.74, 6) is -2.73. The van der Waals surface area contributed by atoms with Crippen LogP contribution in [0.3, 0.4) is 0 Å². The summed E-state index contributed by atoms with van der Waals surface area (Å²) in [6, 6.07) is 8.11. The minimum atomic E-state index is -4.99. The highest BCUT2D eigenvalue weighted by atomic mass is 35.5. The summed E-state index contributed by atoms with van der Waals surface area (Å²) in [6.45, 7) is 5.75. The lowest BCUT2D eigenvalue weighted by Crippen LogP contribution is -3.10. The monoisotopic (exact) mass is 470 g/mol. The maximum absolute atomic E-state index is 13.9. The van der Waals surface area contributed by atoms with Gasteiger partial charge in [-0.3, -0.25) is 4.79 Å². The van der Waals surface area contributed by atoms with E-state index in [1.54, 1.807) is 0 Å². The first-order chi connectivity index (χ1) is 15.2. The molecule has 0 spiro atoms. The maximum Gasteiger partial charge on any atom is 0.453 e. The van der Waals surface area contributed by atoms with Crippen LogP contribution in [-0.2, 0) is 12.7 Å². The van der Waals surface area contributed by atoms with Crippen molar-refractivity contribution in [2.75, 3.05) is 13.1 Å². The summed E-state index contributed by atoms with van der Waals surface area (Å²) < 4.78 is 52.1. The van der Waals surface area contributed by atoms with E-state index >= 15 is 0 Å². The van der Waals surface area contributed by atoms with E-state index in [1.807, 2.05) is 13.8 Å². The number of rotatable bonds is 8. The number of benzene rings is 2. The highest BCUT2D eigenvalue weighted by Crippen LogP contribution is 2.39. The van der Waals surface area contributed by atoms with Gasteiger partial charge in [-0.15, -0.1) is 0 Å². The van der Waals surface area contributed by atoms with Crippen molar-refractivity contribution in [3.05, 3.63) is 63.0 Å². The highest BCUT2D eigenvalue weighted by molar-refractivity contribution is 6.30. The van der Waals surface area contributed by atoms with Crippen molar-refractivity contribution < 1.29 is 32.3 Å². The quantitative estimate of drug-likeness (QED) is 0.477. The van der Waals surface area contributed by atoms with Gasteiger partial charge in [0.15, 0.2) is 5.58 Å². The molecule has 5 nitrogen and oxygen atoms in total. The second kappa shape index (κ2) is 9.83. The van der Waals surface area contributed by atoms with Gasteiger partial charge < -0.3 is 19.2 Å². The van der Waals surface area contributed by atoms with Crippen LogP contribution in [0.25, 0.3) is 11.0 Å². The predicted molar refractivity (Wildman–Crippen MR) is 116 cm³/mol. The van der Waals surface area contributed by atoms with E-state index in [1.165, 1.54) is 36.4 Å². The highest BCUT2D eigenvalue weighted by Gasteiger charge is 2.41. The fourth-order valence-electron chi connectivity index (χ4n) is 3.62. The van der Waals surface area contributed by atoms with Gasteiger partial charge in [-0.1, -0.05) is 25.4 Å². The molecular weight excluding hydrogens is 447 g/mol. The minimum absolute atomic E-state index is 0.00654. The fourth-order valence-corrected chi connectivity index (χ4v) is 3.74. The van der Waals surface area contributed by atoms with Gasteiger partial charge in [0.25, 0.3) is 5.76 Å². The fraction of sp³-hybridized carbons (Fsp3) is 0.348. The number of ether oxygens (including phenoxy) is 1. The Balaban J connectivity index is 2.20. The van der Waals surface area contributed by atoms with Gasteiger partial charge in [-0.25, -0.2) is 0 Å². The third-order valence-electron chi connectivity index (χ3n) is 5.02. The van der Waals surface area contributed by atoms with Gasteiger partial charge in [0.2, 0.25) is 11.2 Å². The Morgan fingerprint density at radius 3 is 2.25 bits per heavy atom. The smallest absolute Gasteiger partial charge is 0.453 e. The van der Waals surface area contributed by atoms with Gasteiger partial charge in [0, 0.05) is 5.02 Å². The molecule has 0 unspecified atom stereocenters. The molecule has 0 aliphatic rings. The average Bonchev–Trinajstić information content (AvgIpc) is 2.73. The molecule has 3 aromatic rings. The molecule has 0 radical (unpaired) electrons. The van der Waals surface area contributed by atoms with E-state index in [2.05, 4.69) is 0 Å². The third-order valence-corrected chi connectivity index (χ3v) is 5.27. The molecular formula is C23H24ClF3NO4+. The lowest BCUT2D eigenvalue weighted by molar-refractivity contribution is -0.913. The van der Waals surface area contributed by atoms with Crippen LogP contribution in [0, 0.1) is 0 Å². The second-order valence-electron chi connectivity index (χ2n) is 7.51. The number of nitrogens with one attached hydrogen (secondary N) is 1. The topological polar surface area (TPSA) is 64.1 Å². The Morgan fingerprint density at radius 2 is 1.69 bits per heavy atom. The third kappa shape index (κ3) is 5.19. The SMILES string of the molecule is CCC[NH+](CCC)Cc1c(O)ccc2c(=O)c(Oc3ccc(Cl)cc3)c(C(F)(F)F)oc12. The molecule has 0 bridgehead atoms. The van der Waals surface area contributed by atoms with Gasteiger partial charge in [0.1, 0.15) is 18.0 Å². The average molecular weight is 471 g/mol. The molecule has 2 aromatic carbocycles. The van der Waals surface area contributed by atoms with E-state index in [9.17, 15) is 23.1 Å². The summed E-state index contributed by atoms with van der Waals surface area (Å²) in [6.07, 6.45) is -3.27. The Labute approximate surface area is 188 Å². The molecule has 0 fully saturated rings. The normalized spacial score (nSPS) is 12.0. The van der Waals surface area contributed by atoms with Crippen LogP contribution >= 0.6 is 11.6 Å². The maximum atomic E-state index is 13.9. The van der Waals surface area contributed by atoms with Crippen LogP contribution in [0.15, 0.2) is 45.6 Å². The number of quaternary nitrogens is 1. The van der Waals surface area contributed by atoms with Crippen LogP contribution in [-0.4, -0.2) is 18.2 Å². The molecule has 2 N–H and O–H groups in total. The summed E-state index contributed by atoms with van der Waals surface area (Å²) >= 11 is 5.80. The summed E-state index contributed by atoms with van der Waals surface area (Å²) in [5.41, 5.74) is -1.09. The Morgan fingerprint density at radius 1 is 1.06 bits per heavy atom. The molecule has 0 amide bonds. The predicted octanol–water partition coefficient (Wildman–Crippen LogP) is 5.17. The summed E-state index contributed by atoms with van der Waals surface area (Å²) in [5, 5.41) is 10.7. The molecule has 1 heterocycles. The minimum Gasteiger partial charge on any atom is -0.507 e. The zero-order chi connectivity index (χ0) is 23.5. The van der Waals surface area contributed by atoms with Crippen molar-refractivity contribution in [2.24, 2.45) is 0 Å². The molecule has 172 valence electrons. The number of alkyl halides is 3. The first-order valence-electron chi connectivity index (χ1n) is 10.3. The van der Waals surface area contributed by atoms with E-state index in [0.29, 0.717) is 5.02 Å².